The van der Waals surface area contributed by atoms with Crippen molar-refractivity contribution in [2.45, 2.75) is 95.2 Å². The van der Waals surface area contributed by atoms with Crippen LogP contribution in [0.25, 0.3) is 0 Å². The van der Waals surface area contributed by atoms with Crippen LogP contribution in [0.1, 0.15) is 65.4 Å². The standard InChI is InChI=1S/C35H59N9O5S/c1-34(2,23-49-35(3,4)22-40-30(46)10-8-7-9-29-31-28(20-50-29)41-33(48)42-31)21-37-18-25(43-36)15-16-38-32(47)39-19-26(44(5)6)17-24-11-13-27(45)14-12-24/h11-14,18,26,28-29,31,36-37,45H,7-10,15-17,19-23H2,1-6H3,(H,40,46)(H2,38,39,47)(H2,41,42,48)/b25-18-,43-36?/t26-,28-,29+,31?/m0/s1. The molecule has 50 heavy (non-hydrogen) atoms. The Morgan fingerprint density at radius 1 is 1.10 bits per heavy atom. The molecule has 0 spiro atoms. The highest BCUT2D eigenvalue weighted by atomic mass is 32.2. The predicted molar refractivity (Wildman–Crippen MR) is 197 cm³/mol. The normalized spacial score (nSPS) is 19.7. The molecule has 280 valence electrons. The van der Waals surface area contributed by atoms with Crippen molar-refractivity contribution in [3.05, 3.63) is 41.7 Å². The number of carbonyl (C=O) groups excluding carboxylic acids is 3. The van der Waals surface area contributed by atoms with Gasteiger partial charge in [-0.25, -0.2) is 15.1 Å². The molecule has 0 aromatic heterocycles. The maximum Gasteiger partial charge on any atom is 0.315 e. The van der Waals surface area contributed by atoms with Gasteiger partial charge in [0.2, 0.25) is 5.91 Å². The SMILES string of the molecule is CN(C)[C@H](CNC(=O)NCC/C(=C/NCC(C)(C)COC(C)(C)CNC(=O)CCCC[C@H]1SC[C@@H]2NC(=O)NC21)N=N)Cc1ccc(O)cc1. The number of nitrogens with zero attached hydrogens (tertiary/aromatic N) is 2. The summed E-state index contributed by atoms with van der Waals surface area (Å²) in [5.41, 5.74) is 8.34. The third kappa shape index (κ3) is 14.7. The molecule has 3 rings (SSSR count). The van der Waals surface area contributed by atoms with Gasteiger partial charge in [-0.3, -0.25) is 4.79 Å². The summed E-state index contributed by atoms with van der Waals surface area (Å²) in [7, 11) is 3.93. The fraction of sp³-hybridized carbons (Fsp3) is 0.686. The molecule has 8 N–H and O–H groups in total. The Morgan fingerprint density at radius 2 is 1.84 bits per heavy atom. The summed E-state index contributed by atoms with van der Waals surface area (Å²) in [4.78, 5) is 38.5. The molecule has 2 fully saturated rings. The largest absolute Gasteiger partial charge is 0.508 e. The number of urea groups is 2. The van der Waals surface area contributed by atoms with E-state index in [4.69, 9.17) is 10.3 Å². The summed E-state index contributed by atoms with van der Waals surface area (Å²) in [6.07, 6.45) is 6.03. The molecule has 14 nitrogen and oxygen atoms in total. The second-order valence-corrected chi connectivity index (χ2v) is 16.1. The van der Waals surface area contributed by atoms with Crippen molar-refractivity contribution >= 4 is 29.7 Å². The summed E-state index contributed by atoms with van der Waals surface area (Å²) >= 11 is 1.89. The molecule has 2 aliphatic heterocycles. The van der Waals surface area contributed by atoms with Gasteiger partial charge in [0.1, 0.15) is 5.75 Å². The number of phenolic OH excluding ortho intramolecular Hbond substituents is 1. The first kappa shape index (κ1) is 40.9. The van der Waals surface area contributed by atoms with Gasteiger partial charge >= 0.3 is 12.1 Å². The second kappa shape index (κ2) is 19.7. The minimum Gasteiger partial charge on any atom is -0.508 e. The second-order valence-electron chi connectivity index (χ2n) is 14.9. The number of unbranched alkanes of at least 4 members (excludes halogenated alkanes) is 1. The number of rotatable bonds is 22. The van der Waals surface area contributed by atoms with Gasteiger partial charge < -0.3 is 46.6 Å². The highest BCUT2D eigenvalue weighted by Gasteiger charge is 2.42. The molecule has 2 aliphatic rings. The minimum atomic E-state index is -0.544. The van der Waals surface area contributed by atoms with Crippen LogP contribution >= 0.6 is 11.8 Å². The Morgan fingerprint density at radius 3 is 2.54 bits per heavy atom. The highest BCUT2D eigenvalue weighted by molar-refractivity contribution is 8.00. The first-order valence-corrected chi connectivity index (χ1v) is 18.6. The van der Waals surface area contributed by atoms with Gasteiger partial charge in [0.05, 0.1) is 30.0 Å². The number of benzene rings is 1. The van der Waals surface area contributed by atoms with E-state index in [1.54, 1.807) is 18.3 Å². The molecule has 5 amide bonds. The van der Waals surface area contributed by atoms with Gasteiger partial charge in [0, 0.05) is 67.7 Å². The molecular formula is C35H59N9O5S. The number of fused-ring (bicyclic) bond motifs is 1. The fourth-order valence-corrected chi connectivity index (χ4v) is 7.23. The fourth-order valence-electron chi connectivity index (χ4n) is 5.69. The Balaban J connectivity index is 1.27. The summed E-state index contributed by atoms with van der Waals surface area (Å²) in [6, 6.07) is 7.22. The summed E-state index contributed by atoms with van der Waals surface area (Å²) in [5, 5.41) is 31.5. The zero-order valence-electron chi connectivity index (χ0n) is 30.6. The number of nitrogens with one attached hydrogen (secondary N) is 7. The van der Waals surface area contributed by atoms with E-state index >= 15 is 0 Å². The number of aromatic hydroxyl groups is 1. The van der Waals surface area contributed by atoms with Crippen molar-refractivity contribution in [2.24, 2.45) is 10.5 Å². The van der Waals surface area contributed by atoms with Crippen LogP contribution in [0.4, 0.5) is 9.59 Å². The van der Waals surface area contributed by atoms with Crippen molar-refractivity contribution in [1.82, 2.24) is 36.8 Å². The van der Waals surface area contributed by atoms with E-state index in [9.17, 15) is 19.5 Å². The molecular weight excluding hydrogens is 659 g/mol. The average molecular weight is 718 g/mol. The third-order valence-electron chi connectivity index (χ3n) is 8.94. The van der Waals surface area contributed by atoms with E-state index in [0.29, 0.717) is 56.6 Å². The number of amides is 5. The molecule has 15 heteroatoms. The number of likely N-dealkylation sites (N-methyl/N-ethyl adjacent to an activating group) is 1. The smallest absolute Gasteiger partial charge is 0.315 e. The van der Waals surface area contributed by atoms with E-state index in [1.807, 2.05) is 51.8 Å². The van der Waals surface area contributed by atoms with Gasteiger partial charge in [-0.05, 0) is 64.9 Å². The topological polar surface area (TPSA) is 192 Å². The molecule has 0 aliphatic carbocycles. The number of phenols is 1. The molecule has 4 atom stereocenters. The van der Waals surface area contributed by atoms with E-state index in [0.717, 1.165) is 37.0 Å². The van der Waals surface area contributed by atoms with Crippen LogP contribution in [0.2, 0.25) is 0 Å². The minimum absolute atomic E-state index is 0.0162. The van der Waals surface area contributed by atoms with Crippen molar-refractivity contribution in [2.75, 3.05) is 52.6 Å². The number of hydrogen-bond acceptors (Lipinski definition) is 10. The third-order valence-corrected chi connectivity index (χ3v) is 10.4. The number of hydrogen-bond donors (Lipinski definition) is 8. The summed E-state index contributed by atoms with van der Waals surface area (Å²) in [6.45, 7) is 10.3. The maximum atomic E-state index is 12.5. The summed E-state index contributed by atoms with van der Waals surface area (Å²) in [5.74, 6) is 1.18. The summed E-state index contributed by atoms with van der Waals surface area (Å²) < 4.78 is 6.21. The van der Waals surface area contributed by atoms with E-state index < -0.39 is 5.60 Å². The van der Waals surface area contributed by atoms with Crippen LogP contribution in [0.15, 0.2) is 41.3 Å². The zero-order chi connectivity index (χ0) is 36.7. The Kier molecular flexibility index (Phi) is 16.1. The van der Waals surface area contributed by atoms with Crippen molar-refractivity contribution in [1.29, 1.82) is 5.53 Å². The monoisotopic (exact) mass is 717 g/mol. The Bertz CT molecular complexity index is 1290. The van der Waals surface area contributed by atoms with E-state index in [-0.39, 0.29) is 47.3 Å². The molecule has 1 aromatic carbocycles. The van der Waals surface area contributed by atoms with Crippen molar-refractivity contribution < 1.29 is 24.2 Å². The lowest BCUT2D eigenvalue weighted by Gasteiger charge is -2.32. The maximum absolute atomic E-state index is 12.5. The van der Waals surface area contributed by atoms with E-state index in [1.165, 1.54) is 0 Å². The van der Waals surface area contributed by atoms with Crippen LogP contribution in [-0.4, -0.2) is 110 Å². The number of thioether (sulfide) groups is 1. The van der Waals surface area contributed by atoms with Crippen molar-refractivity contribution in [3.8, 4) is 5.75 Å². The predicted octanol–water partition coefficient (Wildman–Crippen LogP) is 3.68. The van der Waals surface area contributed by atoms with Gasteiger partial charge in [0.15, 0.2) is 0 Å². The van der Waals surface area contributed by atoms with Crippen LogP contribution in [-0.2, 0) is 16.0 Å². The number of carbonyl (C=O) groups is 3. The lowest BCUT2D eigenvalue weighted by Crippen LogP contribution is -2.45. The van der Waals surface area contributed by atoms with Gasteiger partial charge in [-0.15, -0.1) is 0 Å². The van der Waals surface area contributed by atoms with Gasteiger partial charge in [-0.2, -0.15) is 16.9 Å². The van der Waals surface area contributed by atoms with Crippen LogP contribution in [0.5, 0.6) is 5.75 Å². The van der Waals surface area contributed by atoms with Crippen LogP contribution < -0.4 is 31.9 Å². The zero-order valence-corrected chi connectivity index (χ0v) is 31.4. The Labute approximate surface area is 301 Å². The lowest BCUT2D eigenvalue weighted by molar-refractivity contribution is -0.123. The molecule has 0 radical (unpaired) electrons. The highest BCUT2D eigenvalue weighted by Crippen LogP contribution is 2.33. The van der Waals surface area contributed by atoms with Gasteiger partial charge in [-0.1, -0.05) is 32.4 Å². The molecule has 2 saturated heterocycles. The van der Waals surface area contributed by atoms with Gasteiger partial charge in [0.25, 0.3) is 0 Å². The quantitative estimate of drug-likeness (QED) is 0.0506. The molecule has 2 heterocycles. The van der Waals surface area contributed by atoms with E-state index in [2.05, 4.69) is 55.8 Å². The number of ether oxygens (including phenoxy) is 1. The average Bonchev–Trinajstić information content (AvgIpc) is 3.62. The molecule has 0 bridgehead atoms. The van der Waals surface area contributed by atoms with Crippen LogP contribution in [0, 0.1) is 10.9 Å². The molecule has 0 saturated carbocycles. The molecule has 1 aromatic rings. The molecule has 1 unspecified atom stereocenters. The first-order valence-electron chi connectivity index (χ1n) is 17.5. The van der Waals surface area contributed by atoms with Crippen molar-refractivity contribution in [3.63, 3.8) is 0 Å². The Hall–Kier alpha value is -3.56. The van der Waals surface area contributed by atoms with Crippen LogP contribution in [0.3, 0.4) is 0 Å². The lowest BCUT2D eigenvalue weighted by atomic mass is 9.94. The first-order chi connectivity index (χ1) is 23.7.